The van der Waals surface area contributed by atoms with Gasteiger partial charge in [0.2, 0.25) is 0 Å². The summed E-state index contributed by atoms with van der Waals surface area (Å²) in [6.45, 7) is 6.35. The Kier molecular flexibility index (Phi) is 8.28. The van der Waals surface area contributed by atoms with Gasteiger partial charge in [0.25, 0.3) is 5.69 Å². The molecule has 2 aromatic rings. The molecule has 0 bridgehead atoms. The maximum atomic E-state index is 11.8. The summed E-state index contributed by atoms with van der Waals surface area (Å²) in [5.41, 5.74) is 12.2. The molecule has 1 aromatic carbocycles. The second-order valence-electron chi connectivity index (χ2n) is 8.00. The molecule has 0 aliphatic carbocycles. The highest BCUT2D eigenvalue weighted by molar-refractivity contribution is 6.03. The molecule has 0 spiro atoms. The van der Waals surface area contributed by atoms with Crippen molar-refractivity contribution in [1.29, 1.82) is 0 Å². The van der Waals surface area contributed by atoms with Crippen LogP contribution in [0.1, 0.15) is 44.2 Å². The minimum Gasteiger partial charge on any atom is -0.383 e. The van der Waals surface area contributed by atoms with Crippen molar-refractivity contribution in [2.24, 2.45) is 10.8 Å². The Balaban J connectivity index is 1.95. The highest BCUT2D eigenvalue weighted by Crippen LogP contribution is 2.30. The Morgan fingerprint density at radius 2 is 2.06 bits per heavy atom. The van der Waals surface area contributed by atoms with E-state index in [1.165, 1.54) is 0 Å². The van der Waals surface area contributed by atoms with Crippen LogP contribution in [-0.4, -0.2) is 33.7 Å². The Morgan fingerprint density at radius 3 is 2.73 bits per heavy atom. The molecule has 1 aromatic heterocycles. The number of hydrogen-bond acceptors (Lipinski definition) is 7. The van der Waals surface area contributed by atoms with Gasteiger partial charge in [0.05, 0.1) is 10.5 Å². The average molecular weight is 450 g/mol. The summed E-state index contributed by atoms with van der Waals surface area (Å²) in [6.07, 6.45) is 10.6. The Morgan fingerprint density at radius 1 is 1.30 bits per heavy atom. The highest BCUT2D eigenvalue weighted by Gasteiger charge is 2.20. The number of nitro groups is 1. The van der Waals surface area contributed by atoms with Crippen molar-refractivity contribution in [3.8, 4) is 11.1 Å². The maximum absolute atomic E-state index is 11.8. The van der Waals surface area contributed by atoms with Gasteiger partial charge in [-0.05, 0) is 57.8 Å². The zero-order chi connectivity index (χ0) is 23.8. The zero-order valence-corrected chi connectivity index (χ0v) is 19.1. The van der Waals surface area contributed by atoms with Gasteiger partial charge in [-0.15, -0.1) is 0 Å². The monoisotopic (exact) mass is 449 g/mol. The number of nitro benzene ring substituents is 1. The van der Waals surface area contributed by atoms with E-state index in [1.54, 1.807) is 18.3 Å². The summed E-state index contributed by atoms with van der Waals surface area (Å²) in [7, 11) is 0. The van der Waals surface area contributed by atoms with Gasteiger partial charge < -0.3 is 11.2 Å². The van der Waals surface area contributed by atoms with Crippen molar-refractivity contribution in [1.82, 2.24) is 15.3 Å². The van der Waals surface area contributed by atoms with Crippen LogP contribution < -0.4 is 17.0 Å². The summed E-state index contributed by atoms with van der Waals surface area (Å²) >= 11 is 0. The van der Waals surface area contributed by atoms with Crippen LogP contribution in [0.25, 0.3) is 11.1 Å². The van der Waals surface area contributed by atoms with E-state index in [4.69, 9.17) is 11.6 Å². The molecule has 1 saturated heterocycles. The third kappa shape index (κ3) is 6.24. The van der Waals surface area contributed by atoms with Crippen LogP contribution in [0.2, 0.25) is 0 Å². The van der Waals surface area contributed by atoms with E-state index in [0.717, 1.165) is 38.0 Å². The summed E-state index contributed by atoms with van der Waals surface area (Å²) in [5.74, 6) is 6.36. The van der Waals surface area contributed by atoms with E-state index in [0.29, 0.717) is 34.6 Å². The molecule has 0 saturated carbocycles. The number of amidine groups is 1. The van der Waals surface area contributed by atoms with Gasteiger partial charge >= 0.3 is 0 Å². The first-order valence-corrected chi connectivity index (χ1v) is 11.0. The summed E-state index contributed by atoms with van der Waals surface area (Å²) in [5, 5.41) is 11.8. The fourth-order valence-electron chi connectivity index (χ4n) is 3.82. The van der Waals surface area contributed by atoms with Crippen molar-refractivity contribution in [3.63, 3.8) is 0 Å². The SMILES string of the molecule is C/C=C\CC=C(C)N=C(NN)c1cc(-c2ccc(CN3CCCC3)c([N+](=O)[O-])c2)cnc1N. The number of allylic oxidation sites excluding steroid dienone is 4. The molecule has 1 aliphatic rings. The van der Waals surface area contributed by atoms with E-state index in [9.17, 15) is 10.1 Å². The third-order valence-electron chi connectivity index (χ3n) is 5.59. The summed E-state index contributed by atoms with van der Waals surface area (Å²) in [6, 6.07) is 7.09. The molecule has 2 heterocycles. The van der Waals surface area contributed by atoms with Gasteiger partial charge in [-0.2, -0.15) is 0 Å². The third-order valence-corrected chi connectivity index (χ3v) is 5.59. The van der Waals surface area contributed by atoms with Crippen molar-refractivity contribution < 1.29 is 4.92 Å². The number of anilines is 1. The molecule has 9 heteroatoms. The van der Waals surface area contributed by atoms with Crippen molar-refractivity contribution in [2.45, 2.75) is 39.7 Å². The number of aromatic nitrogens is 1. The first-order valence-electron chi connectivity index (χ1n) is 11.0. The van der Waals surface area contributed by atoms with Gasteiger partial charge in [-0.25, -0.2) is 15.8 Å². The lowest BCUT2D eigenvalue weighted by Gasteiger charge is -2.15. The second-order valence-corrected chi connectivity index (χ2v) is 8.00. The number of nitrogens with two attached hydrogens (primary N) is 2. The maximum Gasteiger partial charge on any atom is 0.274 e. The van der Waals surface area contributed by atoms with E-state index in [1.807, 2.05) is 44.2 Å². The molecule has 1 fully saturated rings. The summed E-state index contributed by atoms with van der Waals surface area (Å²) in [4.78, 5) is 22.5. The zero-order valence-electron chi connectivity index (χ0n) is 19.1. The normalized spacial score (nSPS) is 15.4. The molecule has 0 amide bonds. The van der Waals surface area contributed by atoms with Crippen LogP contribution in [0.5, 0.6) is 0 Å². The van der Waals surface area contributed by atoms with Gasteiger partial charge in [-0.3, -0.25) is 15.0 Å². The molecule has 33 heavy (non-hydrogen) atoms. The molecule has 5 N–H and O–H groups in total. The standard InChI is InChI=1S/C24H31N7O2/c1-3-4-5-8-17(2)28-24(29-26)21-13-20(15-27-23(21)25)18-9-10-19(22(14-18)31(32)33)16-30-11-6-7-12-30/h3-4,8-10,13-15H,5-7,11-12,16,26H2,1-2H3,(H2,25,27)(H,28,29)/b4-3-,17-8?. The molecule has 174 valence electrons. The van der Waals surface area contributed by atoms with Crippen LogP contribution >= 0.6 is 0 Å². The first kappa shape index (κ1) is 24.1. The number of likely N-dealkylation sites (tertiary alicyclic amines) is 1. The van der Waals surface area contributed by atoms with Crippen LogP contribution in [0.3, 0.4) is 0 Å². The first-order chi connectivity index (χ1) is 15.9. The number of nitrogens with zero attached hydrogens (tertiary/aromatic N) is 4. The molecule has 0 atom stereocenters. The van der Waals surface area contributed by atoms with E-state index >= 15 is 0 Å². The average Bonchev–Trinajstić information content (AvgIpc) is 3.31. The van der Waals surface area contributed by atoms with Gasteiger partial charge in [0.15, 0.2) is 5.84 Å². The number of hydrazine groups is 1. The molecular formula is C24H31N7O2. The number of hydrogen-bond donors (Lipinski definition) is 3. The number of nitrogen functional groups attached to an aromatic ring is 1. The van der Waals surface area contributed by atoms with E-state index in [-0.39, 0.29) is 16.4 Å². The molecular weight excluding hydrogens is 418 g/mol. The quantitative estimate of drug-likeness (QED) is 0.139. The lowest BCUT2D eigenvalue weighted by Crippen LogP contribution is -2.32. The second kappa shape index (κ2) is 11.3. The van der Waals surface area contributed by atoms with Gasteiger partial charge in [-0.1, -0.05) is 30.4 Å². The largest absolute Gasteiger partial charge is 0.383 e. The van der Waals surface area contributed by atoms with Crippen molar-refractivity contribution in [3.05, 3.63) is 75.6 Å². The predicted molar refractivity (Wildman–Crippen MR) is 132 cm³/mol. The van der Waals surface area contributed by atoms with Crippen LogP contribution in [0.4, 0.5) is 11.5 Å². The number of rotatable bonds is 8. The Hall–Kier alpha value is -3.56. The topological polar surface area (TPSA) is 136 Å². The lowest BCUT2D eigenvalue weighted by molar-refractivity contribution is -0.385. The van der Waals surface area contributed by atoms with Crippen LogP contribution in [0.15, 0.2) is 59.4 Å². The van der Waals surface area contributed by atoms with E-state index < -0.39 is 0 Å². The fraction of sp³-hybridized carbons (Fsp3) is 0.333. The van der Waals surface area contributed by atoms with Gasteiger partial charge in [0.1, 0.15) is 5.82 Å². The van der Waals surface area contributed by atoms with Gasteiger partial charge in [0, 0.05) is 35.6 Å². The summed E-state index contributed by atoms with van der Waals surface area (Å²) < 4.78 is 0. The smallest absolute Gasteiger partial charge is 0.274 e. The fourth-order valence-corrected chi connectivity index (χ4v) is 3.82. The Labute approximate surface area is 194 Å². The van der Waals surface area contributed by atoms with Crippen molar-refractivity contribution in [2.75, 3.05) is 18.8 Å². The molecule has 9 nitrogen and oxygen atoms in total. The molecule has 0 radical (unpaired) electrons. The molecule has 0 unspecified atom stereocenters. The number of benzene rings is 1. The lowest BCUT2D eigenvalue weighted by atomic mass is 10.0. The Bertz CT molecular complexity index is 1090. The highest BCUT2D eigenvalue weighted by atomic mass is 16.6. The number of nitrogens with one attached hydrogen (secondary N) is 1. The predicted octanol–water partition coefficient (Wildman–Crippen LogP) is 3.91. The van der Waals surface area contributed by atoms with Crippen LogP contribution in [-0.2, 0) is 6.54 Å². The number of aliphatic imine (C=N–C) groups is 1. The molecule has 3 rings (SSSR count). The van der Waals surface area contributed by atoms with Crippen LogP contribution in [0, 0.1) is 10.1 Å². The van der Waals surface area contributed by atoms with Crippen molar-refractivity contribution >= 4 is 17.3 Å². The molecule has 1 aliphatic heterocycles. The van der Waals surface area contributed by atoms with E-state index in [2.05, 4.69) is 20.3 Å². The number of pyridine rings is 1. The minimum atomic E-state index is -0.326. The minimum absolute atomic E-state index is 0.103.